The number of aryl methyl sites for hydroxylation is 1. The number of hydrogen-bond acceptors (Lipinski definition) is 6. The molecule has 150 valence electrons. The highest BCUT2D eigenvalue weighted by Crippen LogP contribution is 2.22. The quantitative estimate of drug-likeness (QED) is 0.280. The van der Waals surface area contributed by atoms with Gasteiger partial charge in [0.05, 0.1) is 22.6 Å². The van der Waals surface area contributed by atoms with E-state index in [9.17, 15) is 18.5 Å². The Kier molecular flexibility index (Phi) is 7.51. The number of nitro benzene ring substituents is 1. The number of hydrogen-bond donors (Lipinski definition) is 1. The van der Waals surface area contributed by atoms with Gasteiger partial charge >= 0.3 is 0 Å². The zero-order chi connectivity index (χ0) is 20.6. The lowest BCUT2D eigenvalue weighted by Gasteiger charge is -2.06. The highest BCUT2D eigenvalue weighted by atomic mass is 32.2. The number of unbranched alkanes of at least 4 members (excludes halogenated alkanes) is 2. The van der Waals surface area contributed by atoms with Crippen LogP contribution in [0.25, 0.3) is 0 Å². The van der Waals surface area contributed by atoms with Crippen LogP contribution >= 0.6 is 0 Å². The zero-order valence-electron chi connectivity index (χ0n) is 15.8. The molecule has 0 aliphatic carbocycles. The van der Waals surface area contributed by atoms with E-state index in [0.29, 0.717) is 17.7 Å². The van der Waals surface area contributed by atoms with Crippen molar-refractivity contribution in [1.29, 1.82) is 0 Å². The summed E-state index contributed by atoms with van der Waals surface area (Å²) in [5.41, 5.74) is 0.796. The molecule has 0 aliphatic rings. The van der Waals surface area contributed by atoms with Crippen LogP contribution in [-0.2, 0) is 10.0 Å². The summed E-state index contributed by atoms with van der Waals surface area (Å²) in [6, 6.07) is 10.8. The maximum Gasteiger partial charge on any atom is 0.276 e. The Morgan fingerprint density at radius 2 is 1.89 bits per heavy atom. The van der Waals surface area contributed by atoms with Gasteiger partial charge in [0.1, 0.15) is 5.75 Å². The lowest BCUT2D eigenvalue weighted by Crippen LogP contribution is -2.18. The van der Waals surface area contributed by atoms with Crippen molar-refractivity contribution >= 4 is 21.9 Å². The SMILES string of the molecule is CCCCCOc1ccc(/C=N/NS(=O)(=O)c2ccc(C)c([N+](=O)[O-])c2)cc1. The summed E-state index contributed by atoms with van der Waals surface area (Å²) in [5.74, 6) is 0.737. The van der Waals surface area contributed by atoms with Gasteiger partial charge in [0.2, 0.25) is 0 Å². The van der Waals surface area contributed by atoms with E-state index in [1.807, 2.05) is 0 Å². The fourth-order valence-electron chi connectivity index (χ4n) is 2.37. The predicted molar refractivity (Wildman–Crippen MR) is 107 cm³/mol. The molecule has 0 spiro atoms. The van der Waals surface area contributed by atoms with E-state index in [0.717, 1.165) is 31.1 Å². The summed E-state index contributed by atoms with van der Waals surface area (Å²) in [7, 11) is -4.01. The van der Waals surface area contributed by atoms with Gasteiger partial charge in [-0.15, -0.1) is 0 Å². The molecule has 8 nitrogen and oxygen atoms in total. The number of ether oxygens (including phenoxy) is 1. The van der Waals surface area contributed by atoms with E-state index in [1.165, 1.54) is 25.3 Å². The van der Waals surface area contributed by atoms with Crippen LogP contribution in [-0.4, -0.2) is 26.2 Å². The smallest absolute Gasteiger partial charge is 0.276 e. The van der Waals surface area contributed by atoms with Crippen molar-refractivity contribution in [3.8, 4) is 5.75 Å². The van der Waals surface area contributed by atoms with Crippen LogP contribution in [0, 0.1) is 17.0 Å². The summed E-state index contributed by atoms with van der Waals surface area (Å²) in [5, 5.41) is 14.7. The third kappa shape index (κ3) is 6.05. The second kappa shape index (κ2) is 9.84. The molecule has 0 atom stereocenters. The van der Waals surface area contributed by atoms with Crippen LogP contribution in [0.5, 0.6) is 5.75 Å². The third-order valence-electron chi connectivity index (χ3n) is 3.97. The molecule has 0 bridgehead atoms. The van der Waals surface area contributed by atoms with E-state index in [1.54, 1.807) is 24.3 Å². The number of rotatable bonds is 10. The minimum absolute atomic E-state index is 0.224. The largest absolute Gasteiger partial charge is 0.494 e. The Hall–Kier alpha value is -2.94. The van der Waals surface area contributed by atoms with Crippen molar-refractivity contribution in [2.24, 2.45) is 5.10 Å². The molecule has 0 heterocycles. The van der Waals surface area contributed by atoms with E-state index in [2.05, 4.69) is 16.9 Å². The van der Waals surface area contributed by atoms with Gasteiger partial charge < -0.3 is 4.74 Å². The van der Waals surface area contributed by atoms with Crippen molar-refractivity contribution in [2.75, 3.05) is 6.61 Å². The Balaban J connectivity index is 1.99. The van der Waals surface area contributed by atoms with Gasteiger partial charge in [-0.05, 0) is 49.2 Å². The van der Waals surface area contributed by atoms with Crippen LogP contribution in [0.15, 0.2) is 52.5 Å². The van der Waals surface area contributed by atoms with E-state index >= 15 is 0 Å². The molecule has 28 heavy (non-hydrogen) atoms. The van der Waals surface area contributed by atoms with Crippen molar-refractivity contribution in [2.45, 2.75) is 38.0 Å². The lowest BCUT2D eigenvalue weighted by atomic mass is 10.2. The number of sulfonamides is 1. The maximum absolute atomic E-state index is 12.3. The molecule has 2 aromatic carbocycles. The average molecular weight is 405 g/mol. The van der Waals surface area contributed by atoms with Crippen LogP contribution in [0.3, 0.4) is 0 Å². The van der Waals surface area contributed by atoms with Crippen LogP contribution in [0.2, 0.25) is 0 Å². The second-order valence-corrected chi connectivity index (χ2v) is 7.84. The van der Waals surface area contributed by atoms with Crippen LogP contribution < -0.4 is 9.57 Å². The molecule has 0 saturated carbocycles. The van der Waals surface area contributed by atoms with Crippen molar-refractivity contribution < 1.29 is 18.1 Å². The summed E-state index contributed by atoms with van der Waals surface area (Å²) in [6.07, 6.45) is 4.60. The lowest BCUT2D eigenvalue weighted by molar-refractivity contribution is -0.385. The standard InChI is InChI=1S/C19H23N3O5S/c1-3-4-5-12-27-17-9-7-16(8-10-17)14-20-21-28(25,26)18-11-6-15(2)19(13-18)22(23)24/h6-11,13-14,21H,3-5,12H2,1-2H3/b20-14+. The van der Waals surface area contributed by atoms with Crippen molar-refractivity contribution in [3.63, 3.8) is 0 Å². The van der Waals surface area contributed by atoms with Crippen molar-refractivity contribution in [1.82, 2.24) is 4.83 Å². The van der Waals surface area contributed by atoms with E-state index in [4.69, 9.17) is 4.74 Å². The number of nitrogens with one attached hydrogen (secondary N) is 1. The minimum Gasteiger partial charge on any atom is -0.494 e. The molecule has 0 aromatic heterocycles. The summed E-state index contributed by atoms with van der Waals surface area (Å²) < 4.78 is 30.1. The van der Waals surface area contributed by atoms with Crippen LogP contribution in [0.4, 0.5) is 5.69 Å². The van der Waals surface area contributed by atoms with Gasteiger partial charge in [0, 0.05) is 11.6 Å². The maximum atomic E-state index is 12.3. The fourth-order valence-corrected chi connectivity index (χ4v) is 3.18. The average Bonchev–Trinajstić information content (AvgIpc) is 2.66. The molecule has 9 heteroatoms. The van der Waals surface area contributed by atoms with E-state index in [-0.39, 0.29) is 10.6 Å². The molecule has 0 saturated heterocycles. The third-order valence-corrected chi connectivity index (χ3v) is 5.19. The molecular formula is C19H23N3O5S. The molecule has 2 aromatic rings. The Morgan fingerprint density at radius 3 is 2.54 bits per heavy atom. The van der Waals surface area contributed by atoms with Gasteiger partial charge in [-0.2, -0.15) is 13.5 Å². The summed E-state index contributed by atoms with van der Waals surface area (Å²) in [6.45, 7) is 4.32. The minimum atomic E-state index is -4.01. The Morgan fingerprint density at radius 1 is 1.18 bits per heavy atom. The molecular weight excluding hydrogens is 382 g/mol. The topological polar surface area (TPSA) is 111 Å². The van der Waals surface area contributed by atoms with Gasteiger partial charge in [-0.25, -0.2) is 4.83 Å². The van der Waals surface area contributed by atoms with Crippen LogP contribution in [0.1, 0.15) is 37.3 Å². The van der Waals surface area contributed by atoms with Gasteiger partial charge in [0.25, 0.3) is 15.7 Å². The van der Waals surface area contributed by atoms with Crippen molar-refractivity contribution in [3.05, 3.63) is 63.7 Å². The second-order valence-electron chi connectivity index (χ2n) is 6.18. The molecule has 0 aliphatic heterocycles. The predicted octanol–water partition coefficient (Wildman–Crippen LogP) is 3.78. The van der Waals surface area contributed by atoms with Gasteiger partial charge in [0.15, 0.2) is 0 Å². The first-order chi connectivity index (χ1) is 13.3. The number of hydrazone groups is 1. The highest BCUT2D eigenvalue weighted by molar-refractivity contribution is 7.89. The van der Waals surface area contributed by atoms with Gasteiger partial charge in [-0.1, -0.05) is 25.8 Å². The first-order valence-electron chi connectivity index (χ1n) is 8.86. The van der Waals surface area contributed by atoms with Gasteiger partial charge in [-0.3, -0.25) is 10.1 Å². The zero-order valence-corrected chi connectivity index (χ0v) is 16.6. The highest BCUT2D eigenvalue weighted by Gasteiger charge is 2.19. The normalized spacial score (nSPS) is 11.5. The first kappa shape index (κ1) is 21.4. The summed E-state index contributed by atoms with van der Waals surface area (Å²) >= 11 is 0. The molecule has 0 fully saturated rings. The molecule has 0 unspecified atom stereocenters. The Labute approximate surface area is 164 Å². The monoisotopic (exact) mass is 405 g/mol. The fraction of sp³-hybridized carbons (Fsp3) is 0.316. The Bertz CT molecular complexity index is 941. The first-order valence-corrected chi connectivity index (χ1v) is 10.3. The number of nitrogens with zero attached hydrogens (tertiary/aromatic N) is 2. The molecule has 0 amide bonds. The molecule has 0 radical (unpaired) electrons. The molecule has 1 N–H and O–H groups in total. The number of benzene rings is 2. The number of nitro groups is 1. The van der Waals surface area contributed by atoms with E-state index < -0.39 is 14.9 Å². The molecule has 2 rings (SSSR count). The summed E-state index contributed by atoms with van der Waals surface area (Å²) in [4.78, 5) is 12.2.